The van der Waals surface area contributed by atoms with E-state index in [0.29, 0.717) is 45.9 Å². The van der Waals surface area contributed by atoms with E-state index in [0.717, 1.165) is 5.56 Å². The molecule has 0 bridgehead atoms. The van der Waals surface area contributed by atoms with Gasteiger partial charge in [0, 0.05) is 16.5 Å². The fraction of sp³-hybridized carbons (Fsp3) is 0.160. The molecule has 3 aromatic rings. The van der Waals surface area contributed by atoms with Crippen LogP contribution in [0.2, 0.25) is 0 Å². The van der Waals surface area contributed by atoms with E-state index in [4.69, 9.17) is 26.4 Å². The number of hydrazine groups is 1. The van der Waals surface area contributed by atoms with E-state index in [9.17, 15) is 9.59 Å². The Morgan fingerprint density at radius 2 is 1.57 bits per heavy atom. The van der Waals surface area contributed by atoms with Crippen LogP contribution in [-0.4, -0.2) is 37.8 Å². The predicted octanol–water partition coefficient (Wildman–Crippen LogP) is 4.04. The van der Waals surface area contributed by atoms with Crippen molar-refractivity contribution >= 4 is 45.1 Å². The van der Waals surface area contributed by atoms with E-state index in [1.165, 1.54) is 20.3 Å². The van der Waals surface area contributed by atoms with Crippen LogP contribution in [0.15, 0.2) is 71.2 Å². The molecule has 0 fully saturated rings. The first kappa shape index (κ1) is 26.0. The molecule has 0 saturated carbocycles. The van der Waals surface area contributed by atoms with Gasteiger partial charge < -0.3 is 14.2 Å². The molecule has 35 heavy (non-hydrogen) atoms. The van der Waals surface area contributed by atoms with Gasteiger partial charge in [0.2, 0.25) is 0 Å². The van der Waals surface area contributed by atoms with Crippen molar-refractivity contribution in [2.75, 3.05) is 20.8 Å². The fourth-order valence-corrected chi connectivity index (χ4v) is 3.60. The van der Waals surface area contributed by atoms with Gasteiger partial charge >= 0.3 is 0 Å². The number of carbonyl (C=O) groups excluding carboxylic acids is 2. The molecule has 0 radical (unpaired) electrons. The van der Waals surface area contributed by atoms with Gasteiger partial charge in [0.15, 0.2) is 16.6 Å². The lowest BCUT2D eigenvalue weighted by atomic mass is 10.1. The number of rotatable bonds is 8. The molecular weight excluding hydrogens is 534 g/mol. The Balaban J connectivity index is 1.57. The Morgan fingerprint density at radius 1 is 0.857 bits per heavy atom. The highest BCUT2D eigenvalue weighted by atomic mass is 79.9. The van der Waals surface area contributed by atoms with E-state index < -0.39 is 11.8 Å². The molecule has 0 saturated heterocycles. The Kier molecular flexibility index (Phi) is 9.45. The number of thiocarbonyl (C=S) groups is 1. The molecule has 10 heteroatoms. The zero-order valence-electron chi connectivity index (χ0n) is 19.1. The number of amides is 2. The smallest absolute Gasteiger partial charge is 0.269 e. The van der Waals surface area contributed by atoms with Crippen molar-refractivity contribution < 1.29 is 23.8 Å². The minimum absolute atomic E-state index is 0.0842. The van der Waals surface area contributed by atoms with Gasteiger partial charge in [0.05, 0.1) is 26.4 Å². The van der Waals surface area contributed by atoms with Crippen LogP contribution in [0.1, 0.15) is 26.3 Å². The Morgan fingerprint density at radius 3 is 2.29 bits per heavy atom. The van der Waals surface area contributed by atoms with Crippen LogP contribution >= 0.6 is 28.1 Å². The van der Waals surface area contributed by atoms with E-state index in [-0.39, 0.29) is 5.11 Å². The average Bonchev–Trinajstić information content (AvgIpc) is 2.88. The van der Waals surface area contributed by atoms with E-state index in [2.05, 4.69) is 32.1 Å². The molecule has 182 valence electrons. The Hall–Kier alpha value is -3.63. The molecule has 0 spiro atoms. The molecule has 3 aromatic carbocycles. The van der Waals surface area contributed by atoms with Gasteiger partial charge in [-0.05, 0) is 54.2 Å². The summed E-state index contributed by atoms with van der Waals surface area (Å²) in [5.41, 5.74) is 6.70. The number of ether oxygens (including phenoxy) is 3. The first-order valence-electron chi connectivity index (χ1n) is 10.5. The molecule has 0 aliphatic heterocycles. The van der Waals surface area contributed by atoms with Crippen molar-refractivity contribution in [3.63, 3.8) is 0 Å². The highest BCUT2D eigenvalue weighted by Crippen LogP contribution is 2.27. The van der Waals surface area contributed by atoms with E-state index >= 15 is 0 Å². The quantitative estimate of drug-likeness (QED) is 0.284. The molecule has 0 aliphatic carbocycles. The second-order valence-corrected chi connectivity index (χ2v) is 8.48. The molecule has 8 nitrogen and oxygen atoms in total. The molecule has 0 aliphatic rings. The summed E-state index contributed by atoms with van der Waals surface area (Å²) in [7, 11) is 2.98. The second-order valence-electron chi connectivity index (χ2n) is 7.16. The summed E-state index contributed by atoms with van der Waals surface area (Å²) in [4.78, 5) is 25.3. The third-order valence-corrected chi connectivity index (χ3v) is 5.54. The molecule has 3 rings (SSSR count). The summed E-state index contributed by atoms with van der Waals surface area (Å²) in [5, 5.41) is 2.46. The van der Waals surface area contributed by atoms with Crippen molar-refractivity contribution in [3.05, 3.63) is 87.9 Å². The average molecular weight is 558 g/mol. The van der Waals surface area contributed by atoms with Crippen molar-refractivity contribution in [2.45, 2.75) is 6.42 Å². The minimum Gasteiger partial charge on any atom is -0.493 e. The van der Waals surface area contributed by atoms with Crippen LogP contribution in [0.25, 0.3) is 0 Å². The molecule has 0 unspecified atom stereocenters. The van der Waals surface area contributed by atoms with Crippen LogP contribution in [0, 0.1) is 0 Å². The molecule has 0 aromatic heterocycles. The number of hydrogen-bond acceptors (Lipinski definition) is 6. The van der Waals surface area contributed by atoms with Gasteiger partial charge in [-0.2, -0.15) is 0 Å². The minimum atomic E-state index is -0.487. The highest BCUT2D eigenvalue weighted by Gasteiger charge is 2.16. The third-order valence-electron chi connectivity index (χ3n) is 4.84. The molecule has 0 atom stereocenters. The zero-order chi connectivity index (χ0) is 25.2. The van der Waals surface area contributed by atoms with Gasteiger partial charge in [-0.15, -0.1) is 0 Å². The van der Waals surface area contributed by atoms with Gasteiger partial charge in [-0.3, -0.25) is 25.8 Å². The van der Waals surface area contributed by atoms with Crippen LogP contribution in [-0.2, 0) is 6.42 Å². The number of nitrogens with one attached hydrogen (secondary N) is 3. The highest BCUT2D eigenvalue weighted by molar-refractivity contribution is 9.10. The number of methoxy groups -OCH3 is 2. The summed E-state index contributed by atoms with van der Waals surface area (Å²) < 4.78 is 16.9. The van der Waals surface area contributed by atoms with Crippen LogP contribution in [0.3, 0.4) is 0 Å². The van der Waals surface area contributed by atoms with Crippen LogP contribution in [0.5, 0.6) is 17.2 Å². The molecule has 2 amide bonds. The summed E-state index contributed by atoms with van der Waals surface area (Å²) in [6, 6.07) is 19.7. The van der Waals surface area contributed by atoms with Crippen LogP contribution in [0.4, 0.5) is 0 Å². The maximum atomic E-state index is 12.8. The first-order chi connectivity index (χ1) is 16.9. The lowest BCUT2D eigenvalue weighted by Gasteiger charge is -2.14. The summed E-state index contributed by atoms with van der Waals surface area (Å²) >= 11 is 8.53. The Labute approximate surface area is 217 Å². The fourth-order valence-electron chi connectivity index (χ4n) is 3.09. The first-order valence-corrected chi connectivity index (χ1v) is 11.7. The van der Waals surface area contributed by atoms with Gasteiger partial charge in [0.25, 0.3) is 11.8 Å². The topological polar surface area (TPSA) is 97.9 Å². The number of hydrogen-bond donors (Lipinski definition) is 3. The van der Waals surface area contributed by atoms with Gasteiger partial charge in [0.1, 0.15) is 5.75 Å². The second kappa shape index (κ2) is 12.7. The number of benzene rings is 3. The summed E-state index contributed by atoms with van der Waals surface area (Å²) in [6.07, 6.45) is 0.695. The molecule has 3 N–H and O–H groups in total. The van der Waals surface area contributed by atoms with E-state index in [1.807, 2.05) is 30.3 Å². The summed E-state index contributed by atoms with van der Waals surface area (Å²) in [5.74, 6) is 0.355. The zero-order valence-corrected chi connectivity index (χ0v) is 21.5. The van der Waals surface area contributed by atoms with Crippen molar-refractivity contribution in [1.29, 1.82) is 0 Å². The largest absolute Gasteiger partial charge is 0.493 e. The van der Waals surface area contributed by atoms with Crippen molar-refractivity contribution in [3.8, 4) is 17.2 Å². The van der Waals surface area contributed by atoms with Crippen LogP contribution < -0.4 is 30.4 Å². The lowest BCUT2D eigenvalue weighted by molar-refractivity contribution is 0.0933. The molecule has 0 heterocycles. The number of halogens is 1. The van der Waals surface area contributed by atoms with Crippen molar-refractivity contribution in [1.82, 2.24) is 16.2 Å². The Bertz CT molecular complexity index is 1210. The summed E-state index contributed by atoms with van der Waals surface area (Å²) in [6.45, 7) is 0.399. The normalized spacial score (nSPS) is 10.1. The maximum Gasteiger partial charge on any atom is 0.269 e. The lowest BCUT2D eigenvalue weighted by Crippen LogP contribution is -2.48. The van der Waals surface area contributed by atoms with E-state index in [1.54, 1.807) is 30.3 Å². The van der Waals surface area contributed by atoms with Gasteiger partial charge in [-0.1, -0.05) is 46.3 Å². The van der Waals surface area contributed by atoms with Gasteiger partial charge in [-0.25, -0.2) is 0 Å². The molecular formula is C25H24BrN3O5S. The number of carbonyl (C=O) groups is 2. The van der Waals surface area contributed by atoms with Crippen molar-refractivity contribution in [2.24, 2.45) is 0 Å². The SMILES string of the molecule is COc1ccc(C(=O)NNC(=S)NC(=O)c2cc(Br)ccc2OCCc2ccccc2)cc1OC. The third kappa shape index (κ3) is 7.43. The predicted molar refractivity (Wildman–Crippen MR) is 140 cm³/mol. The standard InChI is InChI=1S/C25H24BrN3O5S/c1-32-21-10-8-17(14-22(21)33-2)23(30)28-29-25(35)27-24(31)19-15-18(26)9-11-20(19)34-13-12-16-6-4-3-5-7-16/h3-11,14-15H,12-13H2,1-2H3,(H,28,30)(H2,27,29,31,35). The monoisotopic (exact) mass is 557 g/mol. The maximum absolute atomic E-state index is 12.8.